The zero-order chi connectivity index (χ0) is 20.3. The summed E-state index contributed by atoms with van der Waals surface area (Å²) < 4.78 is 1.69. The highest BCUT2D eigenvalue weighted by atomic mass is 35.5. The summed E-state index contributed by atoms with van der Waals surface area (Å²) in [5.41, 5.74) is 2.91. The summed E-state index contributed by atoms with van der Waals surface area (Å²) in [7, 11) is 0. The van der Waals surface area contributed by atoms with Crippen LogP contribution in [-0.4, -0.2) is 26.3 Å². The zero-order valence-electron chi connectivity index (χ0n) is 15.9. The van der Waals surface area contributed by atoms with E-state index in [-0.39, 0.29) is 17.7 Å². The first-order valence-corrected chi connectivity index (χ1v) is 10.8. The number of hydrogen-bond donors (Lipinski definition) is 1. The Morgan fingerprint density at radius 2 is 1.89 bits per heavy atom. The minimum absolute atomic E-state index is 0.0692. The van der Waals surface area contributed by atoms with Gasteiger partial charge in [-0.15, -0.1) is 10.2 Å². The Balaban J connectivity index is 1.58. The summed E-state index contributed by atoms with van der Waals surface area (Å²) >= 11 is 13.4. The van der Waals surface area contributed by atoms with Crippen molar-refractivity contribution in [1.29, 1.82) is 0 Å². The Morgan fingerprint density at radius 3 is 2.57 bits per heavy atom. The molecule has 1 unspecified atom stereocenters. The van der Waals surface area contributed by atoms with Gasteiger partial charge in [-0.05, 0) is 36.5 Å². The molecule has 2 heterocycles. The van der Waals surface area contributed by atoms with E-state index in [0.717, 1.165) is 12.0 Å². The first-order chi connectivity index (χ1) is 13.3. The third kappa shape index (κ3) is 5.19. The molecule has 0 aliphatic carbocycles. The molecule has 0 radical (unpaired) electrons. The molecule has 28 heavy (non-hydrogen) atoms. The quantitative estimate of drug-likeness (QED) is 0.516. The van der Waals surface area contributed by atoms with Crippen LogP contribution in [-0.2, 0) is 11.2 Å². The summed E-state index contributed by atoms with van der Waals surface area (Å²) in [4.78, 5) is 12.4. The van der Waals surface area contributed by atoms with E-state index >= 15 is 0 Å². The fourth-order valence-electron chi connectivity index (χ4n) is 2.91. The second kappa shape index (κ2) is 9.16. The molecule has 1 amide bonds. The van der Waals surface area contributed by atoms with E-state index in [9.17, 15) is 4.79 Å². The summed E-state index contributed by atoms with van der Waals surface area (Å²) in [6.07, 6.45) is 2.74. The molecular formula is C20H22Cl2N4OS. The van der Waals surface area contributed by atoms with Gasteiger partial charge < -0.3 is 5.32 Å². The van der Waals surface area contributed by atoms with Crippen LogP contribution in [0.2, 0.25) is 10.0 Å². The molecule has 0 fully saturated rings. The average molecular weight is 437 g/mol. The van der Waals surface area contributed by atoms with E-state index in [1.165, 1.54) is 17.3 Å². The first-order valence-electron chi connectivity index (χ1n) is 9.04. The molecule has 3 aromatic rings. The number of carbonyl (C=O) groups excluding carboxylic acids is 1. The number of hydrogen-bond acceptors (Lipinski definition) is 4. The number of carbonyl (C=O) groups is 1. The second-order valence-electron chi connectivity index (χ2n) is 7.10. The molecule has 0 aliphatic heterocycles. The van der Waals surface area contributed by atoms with E-state index in [4.69, 9.17) is 23.2 Å². The molecule has 0 saturated heterocycles. The van der Waals surface area contributed by atoms with Gasteiger partial charge in [-0.3, -0.25) is 9.20 Å². The molecule has 0 bridgehead atoms. The van der Waals surface area contributed by atoms with Crippen molar-refractivity contribution in [3.63, 3.8) is 0 Å². The van der Waals surface area contributed by atoms with Crippen LogP contribution in [0.25, 0.3) is 5.65 Å². The molecule has 1 atom stereocenters. The highest BCUT2D eigenvalue weighted by Crippen LogP contribution is 2.25. The van der Waals surface area contributed by atoms with Gasteiger partial charge in [0.2, 0.25) is 5.91 Å². The first kappa shape index (κ1) is 21.0. The van der Waals surface area contributed by atoms with Crippen LogP contribution in [0.4, 0.5) is 0 Å². The number of halogens is 2. The number of pyridine rings is 1. The molecule has 5 nitrogen and oxygen atoms in total. The van der Waals surface area contributed by atoms with Gasteiger partial charge in [-0.2, -0.15) is 0 Å². The van der Waals surface area contributed by atoms with E-state index in [0.29, 0.717) is 26.8 Å². The largest absolute Gasteiger partial charge is 0.349 e. The van der Waals surface area contributed by atoms with Gasteiger partial charge in [0, 0.05) is 6.20 Å². The Labute approximate surface area is 178 Å². The van der Waals surface area contributed by atoms with Gasteiger partial charge in [0.1, 0.15) is 0 Å². The van der Waals surface area contributed by atoms with Crippen molar-refractivity contribution < 1.29 is 4.79 Å². The molecule has 0 saturated carbocycles. The fourth-order valence-corrected chi connectivity index (χ4v) is 4.14. The van der Waals surface area contributed by atoms with E-state index in [2.05, 4.69) is 53.6 Å². The normalized spacial score (nSPS) is 12.5. The van der Waals surface area contributed by atoms with Crippen molar-refractivity contribution in [3.05, 3.63) is 57.7 Å². The van der Waals surface area contributed by atoms with Gasteiger partial charge in [-0.1, -0.05) is 73.1 Å². The number of thioether (sulfide) groups is 1. The number of benzene rings is 1. The maximum Gasteiger partial charge on any atom is 0.230 e. The van der Waals surface area contributed by atoms with Crippen molar-refractivity contribution in [3.8, 4) is 0 Å². The number of nitrogens with one attached hydrogen (secondary N) is 1. The third-order valence-electron chi connectivity index (χ3n) is 4.23. The minimum Gasteiger partial charge on any atom is -0.349 e. The van der Waals surface area contributed by atoms with Crippen LogP contribution in [0.15, 0.2) is 41.7 Å². The highest BCUT2D eigenvalue weighted by Gasteiger charge is 2.14. The van der Waals surface area contributed by atoms with Crippen LogP contribution in [0.1, 0.15) is 37.9 Å². The SMILES string of the molecule is CC(C)Cc1ccc(C(C)NC(=O)CSc2nnc3c(Cl)cc(Cl)cn23)cc1. The number of rotatable bonds is 7. The van der Waals surface area contributed by atoms with Crippen molar-refractivity contribution in [2.24, 2.45) is 5.92 Å². The summed E-state index contributed by atoms with van der Waals surface area (Å²) in [5.74, 6) is 0.771. The predicted octanol–water partition coefficient (Wildman–Crippen LogP) is 5.20. The summed E-state index contributed by atoms with van der Waals surface area (Å²) in [5, 5.41) is 12.6. The molecule has 0 aliphatic rings. The smallest absolute Gasteiger partial charge is 0.230 e. The highest BCUT2D eigenvalue weighted by molar-refractivity contribution is 7.99. The second-order valence-corrected chi connectivity index (χ2v) is 8.89. The Bertz CT molecular complexity index is 972. The lowest BCUT2D eigenvalue weighted by atomic mass is 10.00. The molecule has 1 aromatic carbocycles. The molecule has 3 rings (SSSR count). The molecule has 8 heteroatoms. The van der Waals surface area contributed by atoms with Crippen molar-refractivity contribution >= 4 is 46.5 Å². The topological polar surface area (TPSA) is 59.3 Å². The molecule has 1 N–H and O–H groups in total. The van der Waals surface area contributed by atoms with E-state index in [1.807, 2.05) is 6.92 Å². The fraction of sp³-hybridized carbons (Fsp3) is 0.350. The number of nitrogens with zero attached hydrogens (tertiary/aromatic N) is 3. The maximum atomic E-state index is 12.4. The Kier molecular flexibility index (Phi) is 6.86. The zero-order valence-corrected chi connectivity index (χ0v) is 18.3. The monoisotopic (exact) mass is 436 g/mol. The maximum absolute atomic E-state index is 12.4. The average Bonchev–Trinajstić information content (AvgIpc) is 3.03. The van der Waals surface area contributed by atoms with Gasteiger partial charge in [-0.25, -0.2) is 0 Å². The van der Waals surface area contributed by atoms with Gasteiger partial charge in [0.25, 0.3) is 0 Å². The minimum atomic E-state index is -0.0753. The van der Waals surface area contributed by atoms with Gasteiger partial charge >= 0.3 is 0 Å². The van der Waals surface area contributed by atoms with Crippen LogP contribution < -0.4 is 5.32 Å². The van der Waals surface area contributed by atoms with Crippen molar-refractivity contribution in [2.75, 3.05) is 5.75 Å². The van der Waals surface area contributed by atoms with E-state index in [1.54, 1.807) is 16.7 Å². The lowest BCUT2D eigenvalue weighted by molar-refractivity contribution is -0.119. The van der Waals surface area contributed by atoms with Crippen LogP contribution in [0.5, 0.6) is 0 Å². The molecular weight excluding hydrogens is 415 g/mol. The Hall–Kier alpha value is -1.76. The van der Waals surface area contributed by atoms with E-state index < -0.39 is 0 Å². The van der Waals surface area contributed by atoms with Crippen LogP contribution in [0.3, 0.4) is 0 Å². The molecule has 2 aromatic heterocycles. The Morgan fingerprint density at radius 1 is 1.18 bits per heavy atom. The van der Waals surface area contributed by atoms with Crippen molar-refractivity contribution in [1.82, 2.24) is 19.9 Å². The number of aromatic nitrogens is 3. The number of amides is 1. The molecule has 0 spiro atoms. The summed E-state index contributed by atoms with van der Waals surface area (Å²) in [6.45, 7) is 6.38. The summed E-state index contributed by atoms with van der Waals surface area (Å²) in [6, 6.07) is 9.95. The van der Waals surface area contributed by atoms with Crippen molar-refractivity contribution in [2.45, 2.75) is 38.4 Å². The lowest BCUT2D eigenvalue weighted by Crippen LogP contribution is -2.28. The number of fused-ring (bicyclic) bond motifs is 1. The predicted molar refractivity (Wildman–Crippen MR) is 115 cm³/mol. The van der Waals surface area contributed by atoms with Gasteiger partial charge in [0.15, 0.2) is 10.8 Å². The molecule has 148 valence electrons. The third-order valence-corrected chi connectivity index (χ3v) is 5.66. The standard InChI is InChI=1S/C20H22Cl2N4OS/c1-12(2)8-14-4-6-15(7-5-14)13(3)23-18(27)11-28-20-25-24-19-17(22)9-16(21)10-26(19)20/h4-7,9-10,12-13H,8,11H2,1-3H3,(H,23,27). The van der Waals surface area contributed by atoms with Gasteiger partial charge in [0.05, 0.1) is 21.8 Å². The van der Waals surface area contributed by atoms with Crippen LogP contribution >= 0.6 is 35.0 Å². The van der Waals surface area contributed by atoms with Crippen LogP contribution in [0, 0.1) is 5.92 Å². The lowest BCUT2D eigenvalue weighted by Gasteiger charge is -2.15.